The van der Waals surface area contributed by atoms with Gasteiger partial charge in [-0.2, -0.15) is 0 Å². The Bertz CT molecular complexity index is 793. The SMILES string of the molecule is Cc1cccc(C(=O)N2CCCN(C(C)c3ccc(F)c(F)c3)CC2)c1. The topological polar surface area (TPSA) is 23.6 Å². The van der Waals surface area contributed by atoms with Crippen molar-refractivity contribution < 1.29 is 13.6 Å². The Balaban J connectivity index is 1.67. The number of amides is 1. The molecule has 1 saturated heterocycles. The molecule has 0 N–H and O–H groups in total. The molecule has 1 fully saturated rings. The van der Waals surface area contributed by atoms with Crippen LogP contribution >= 0.6 is 0 Å². The minimum absolute atomic E-state index is 0.0286. The number of carbonyl (C=O) groups excluding carboxylic acids is 1. The molecule has 138 valence electrons. The zero-order valence-corrected chi connectivity index (χ0v) is 15.2. The van der Waals surface area contributed by atoms with Crippen molar-refractivity contribution in [3.8, 4) is 0 Å². The van der Waals surface area contributed by atoms with Gasteiger partial charge in [0.25, 0.3) is 5.91 Å². The molecule has 0 spiro atoms. The van der Waals surface area contributed by atoms with E-state index in [0.717, 1.165) is 24.1 Å². The predicted octanol–water partition coefficient (Wildman–Crippen LogP) is 4.18. The van der Waals surface area contributed by atoms with Gasteiger partial charge in [-0.25, -0.2) is 8.78 Å². The Morgan fingerprint density at radius 2 is 1.81 bits per heavy atom. The van der Waals surface area contributed by atoms with E-state index in [2.05, 4.69) is 4.90 Å². The minimum Gasteiger partial charge on any atom is -0.337 e. The average Bonchev–Trinajstić information content (AvgIpc) is 2.89. The summed E-state index contributed by atoms with van der Waals surface area (Å²) < 4.78 is 26.7. The highest BCUT2D eigenvalue weighted by Gasteiger charge is 2.24. The fourth-order valence-corrected chi connectivity index (χ4v) is 3.47. The lowest BCUT2D eigenvalue weighted by atomic mass is 10.1. The Hall–Kier alpha value is -2.27. The number of halogens is 2. The number of benzene rings is 2. The third kappa shape index (κ3) is 4.10. The Morgan fingerprint density at radius 1 is 1.00 bits per heavy atom. The second kappa shape index (κ2) is 7.96. The van der Waals surface area contributed by atoms with Gasteiger partial charge in [0, 0.05) is 37.8 Å². The van der Waals surface area contributed by atoms with E-state index < -0.39 is 11.6 Å². The lowest BCUT2D eigenvalue weighted by Crippen LogP contribution is -2.36. The number of aryl methyl sites for hydroxylation is 1. The normalized spacial score (nSPS) is 17.0. The molecule has 0 radical (unpaired) electrons. The van der Waals surface area contributed by atoms with Gasteiger partial charge in [0.1, 0.15) is 0 Å². The van der Waals surface area contributed by atoms with E-state index in [9.17, 15) is 13.6 Å². The van der Waals surface area contributed by atoms with E-state index in [4.69, 9.17) is 0 Å². The van der Waals surface area contributed by atoms with Crippen LogP contribution in [0.2, 0.25) is 0 Å². The van der Waals surface area contributed by atoms with Crippen molar-refractivity contribution in [2.24, 2.45) is 0 Å². The molecule has 0 saturated carbocycles. The fourth-order valence-electron chi connectivity index (χ4n) is 3.47. The Morgan fingerprint density at radius 3 is 2.54 bits per heavy atom. The van der Waals surface area contributed by atoms with Crippen molar-refractivity contribution in [3.63, 3.8) is 0 Å². The number of nitrogens with zero attached hydrogens (tertiary/aromatic N) is 2. The Labute approximate surface area is 153 Å². The van der Waals surface area contributed by atoms with E-state index >= 15 is 0 Å². The van der Waals surface area contributed by atoms with Gasteiger partial charge in [-0.1, -0.05) is 23.8 Å². The van der Waals surface area contributed by atoms with Gasteiger partial charge in [0.15, 0.2) is 11.6 Å². The summed E-state index contributed by atoms with van der Waals surface area (Å²) in [5, 5.41) is 0. The first-order valence-corrected chi connectivity index (χ1v) is 9.00. The third-order valence-corrected chi connectivity index (χ3v) is 5.06. The van der Waals surface area contributed by atoms with Crippen molar-refractivity contribution in [3.05, 3.63) is 70.8 Å². The van der Waals surface area contributed by atoms with E-state index in [1.165, 1.54) is 12.1 Å². The maximum atomic E-state index is 13.5. The van der Waals surface area contributed by atoms with E-state index in [0.29, 0.717) is 25.2 Å². The van der Waals surface area contributed by atoms with Gasteiger partial charge in [-0.15, -0.1) is 0 Å². The van der Waals surface area contributed by atoms with Crippen molar-refractivity contribution in [2.75, 3.05) is 26.2 Å². The molecule has 1 heterocycles. The molecule has 5 heteroatoms. The number of rotatable bonds is 3. The molecule has 0 bridgehead atoms. The molecule has 1 aliphatic rings. The van der Waals surface area contributed by atoms with Crippen LogP contribution in [0, 0.1) is 18.6 Å². The van der Waals surface area contributed by atoms with Gasteiger partial charge in [0.2, 0.25) is 0 Å². The zero-order valence-electron chi connectivity index (χ0n) is 15.2. The molecule has 1 amide bonds. The zero-order chi connectivity index (χ0) is 18.7. The average molecular weight is 358 g/mol. The van der Waals surface area contributed by atoms with Crippen LogP contribution in [0.4, 0.5) is 8.78 Å². The number of hydrogen-bond acceptors (Lipinski definition) is 2. The molecular formula is C21H24F2N2O. The fraction of sp³-hybridized carbons (Fsp3) is 0.381. The molecule has 0 aliphatic carbocycles. The monoisotopic (exact) mass is 358 g/mol. The molecule has 2 aromatic rings. The lowest BCUT2D eigenvalue weighted by molar-refractivity contribution is 0.0758. The summed E-state index contributed by atoms with van der Waals surface area (Å²) in [6.07, 6.45) is 0.853. The maximum Gasteiger partial charge on any atom is 0.253 e. The second-order valence-corrected chi connectivity index (χ2v) is 6.90. The molecule has 26 heavy (non-hydrogen) atoms. The van der Waals surface area contributed by atoms with Crippen LogP contribution in [-0.2, 0) is 0 Å². The summed E-state index contributed by atoms with van der Waals surface area (Å²) in [5.41, 5.74) is 2.54. The summed E-state index contributed by atoms with van der Waals surface area (Å²) in [5.74, 6) is -1.59. The third-order valence-electron chi connectivity index (χ3n) is 5.06. The molecule has 0 aromatic heterocycles. The second-order valence-electron chi connectivity index (χ2n) is 6.90. The standard InChI is InChI=1S/C21H24F2N2O/c1-15-5-3-6-18(13-15)21(26)25-10-4-9-24(11-12-25)16(2)17-7-8-19(22)20(23)14-17/h3,5-8,13-14,16H,4,9-12H2,1-2H3. The summed E-state index contributed by atoms with van der Waals surface area (Å²) in [7, 11) is 0. The highest BCUT2D eigenvalue weighted by molar-refractivity contribution is 5.94. The van der Waals surface area contributed by atoms with Crippen LogP contribution in [0.15, 0.2) is 42.5 Å². The molecule has 3 nitrogen and oxygen atoms in total. The molecule has 1 unspecified atom stereocenters. The minimum atomic E-state index is -0.827. The molecule has 2 aromatic carbocycles. The van der Waals surface area contributed by atoms with Crippen molar-refractivity contribution in [1.82, 2.24) is 9.80 Å². The predicted molar refractivity (Wildman–Crippen MR) is 98.0 cm³/mol. The summed E-state index contributed by atoms with van der Waals surface area (Å²) in [6, 6.07) is 11.7. The van der Waals surface area contributed by atoms with Crippen molar-refractivity contribution in [1.29, 1.82) is 0 Å². The van der Waals surface area contributed by atoms with Crippen LogP contribution in [0.3, 0.4) is 0 Å². The Kier molecular flexibility index (Phi) is 5.67. The van der Waals surface area contributed by atoms with Crippen LogP contribution in [0.25, 0.3) is 0 Å². The van der Waals surface area contributed by atoms with Gasteiger partial charge < -0.3 is 4.90 Å². The highest BCUT2D eigenvalue weighted by atomic mass is 19.2. The van der Waals surface area contributed by atoms with Crippen LogP contribution < -0.4 is 0 Å². The van der Waals surface area contributed by atoms with Crippen LogP contribution in [-0.4, -0.2) is 41.9 Å². The summed E-state index contributed by atoms with van der Waals surface area (Å²) in [4.78, 5) is 16.8. The quantitative estimate of drug-likeness (QED) is 0.822. The highest BCUT2D eigenvalue weighted by Crippen LogP contribution is 2.23. The van der Waals surface area contributed by atoms with Crippen molar-refractivity contribution in [2.45, 2.75) is 26.3 Å². The first-order chi connectivity index (χ1) is 12.5. The number of carbonyl (C=O) groups is 1. The molecule has 1 atom stereocenters. The van der Waals surface area contributed by atoms with E-state index in [1.807, 2.05) is 43.0 Å². The van der Waals surface area contributed by atoms with Gasteiger partial charge in [-0.3, -0.25) is 9.69 Å². The smallest absolute Gasteiger partial charge is 0.253 e. The van der Waals surface area contributed by atoms with Gasteiger partial charge in [0.05, 0.1) is 0 Å². The molecule has 3 rings (SSSR count). The van der Waals surface area contributed by atoms with Gasteiger partial charge >= 0.3 is 0 Å². The molecule has 1 aliphatic heterocycles. The first-order valence-electron chi connectivity index (χ1n) is 9.00. The summed E-state index contributed by atoms with van der Waals surface area (Å²) in [6.45, 7) is 6.82. The van der Waals surface area contributed by atoms with Crippen molar-refractivity contribution >= 4 is 5.91 Å². The van der Waals surface area contributed by atoms with Crippen LogP contribution in [0.1, 0.15) is 40.9 Å². The largest absolute Gasteiger partial charge is 0.337 e. The van der Waals surface area contributed by atoms with Crippen LogP contribution in [0.5, 0.6) is 0 Å². The first kappa shape index (κ1) is 18.5. The number of hydrogen-bond donors (Lipinski definition) is 0. The maximum absolute atomic E-state index is 13.5. The van der Waals surface area contributed by atoms with E-state index in [1.54, 1.807) is 6.07 Å². The van der Waals surface area contributed by atoms with E-state index in [-0.39, 0.29) is 11.9 Å². The lowest BCUT2D eigenvalue weighted by Gasteiger charge is -2.28. The summed E-state index contributed by atoms with van der Waals surface area (Å²) >= 11 is 0. The molecular weight excluding hydrogens is 334 g/mol. The van der Waals surface area contributed by atoms with Gasteiger partial charge in [-0.05, 0) is 50.1 Å².